The Kier molecular flexibility index (Phi) is 6.22. The lowest BCUT2D eigenvalue weighted by atomic mass is 9.83. The summed E-state index contributed by atoms with van der Waals surface area (Å²) in [5, 5.41) is 9.32. The molecule has 3 nitrogen and oxygen atoms in total. The van der Waals surface area contributed by atoms with E-state index in [4.69, 9.17) is 5.73 Å². The molecule has 0 unspecified atom stereocenters. The van der Waals surface area contributed by atoms with Crippen LogP contribution in [0, 0.1) is 13.8 Å². The maximum atomic E-state index is 11.4. The Hall–Kier alpha value is -2.56. The quantitative estimate of drug-likeness (QED) is 0.571. The van der Waals surface area contributed by atoms with Crippen molar-refractivity contribution in [3.05, 3.63) is 107 Å². The molecule has 0 saturated carbocycles. The maximum Gasteiger partial charge on any atom is 0.321 e. The average molecular weight is 392 g/mol. The van der Waals surface area contributed by atoms with Gasteiger partial charge in [-0.05, 0) is 30.5 Å². The summed E-state index contributed by atoms with van der Waals surface area (Å²) in [4.78, 5) is 11.4. The van der Waals surface area contributed by atoms with Gasteiger partial charge >= 0.3 is 5.97 Å². The molecule has 0 amide bonds. The molecule has 3 aromatic carbocycles. The highest BCUT2D eigenvalue weighted by molar-refractivity contribution is 8.00. The van der Waals surface area contributed by atoms with Crippen molar-refractivity contribution in [3.63, 3.8) is 0 Å². The van der Waals surface area contributed by atoms with Crippen LogP contribution in [0.4, 0.5) is 0 Å². The van der Waals surface area contributed by atoms with Crippen LogP contribution in [0.15, 0.2) is 78.9 Å². The van der Waals surface area contributed by atoms with E-state index in [1.165, 1.54) is 11.1 Å². The number of carboxylic acids is 1. The van der Waals surface area contributed by atoms with E-state index >= 15 is 0 Å². The van der Waals surface area contributed by atoms with E-state index in [0.29, 0.717) is 5.75 Å². The first kappa shape index (κ1) is 20.2. The molecule has 0 aliphatic heterocycles. The van der Waals surface area contributed by atoms with Crippen LogP contribution in [-0.4, -0.2) is 22.9 Å². The van der Waals surface area contributed by atoms with Gasteiger partial charge in [-0.3, -0.25) is 4.79 Å². The second-order valence-corrected chi connectivity index (χ2v) is 8.27. The molecular formula is C24H25NO2S. The SMILES string of the molecule is Cc1ccc(C(SC[C@@H](N)C(=O)O)(c2ccccc2)c2ccc(C)cc2)cc1. The van der Waals surface area contributed by atoms with Crippen molar-refractivity contribution >= 4 is 17.7 Å². The lowest BCUT2D eigenvalue weighted by Crippen LogP contribution is -2.36. The maximum absolute atomic E-state index is 11.4. The van der Waals surface area contributed by atoms with Crippen molar-refractivity contribution < 1.29 is 9.90 Å². The van der Waals surface area contributed by atoms with Gasteiger partial charge in [0, 0.05) is 5.75 Å². The number of carboxylic acid groups (broad SMARTS) is 1. The zero-order valence-electron chi connectivity index (χ0n) is 16.1. The van der Waals surface area contributed by atoms with Gasteiger partial charge in [0.25, 0.3) is 0 Å². The van der Waals surface area contributed by atoms with Crippen LogP contribution < -0.4 is 5.73 Å². The van der Waals surface area contributed by atoms with Gasteiger partial charge in [-0.15, -0.1) is 11.8 Å². The van der Waals surface area contributed by atoms with Crippen molar-refractivity contribution in [2.45, 2.75) is 24.6 Å². The Morgan fingerprint density at radius 1 is 0.857 bits per heavy atom. The van der Waals surface area contributed by atoms with Crippen LogP contribution in [0.5, 0.6) is 0 Å². The topological polar surface area (TPSA) is 63.3 Å². The van der Waals surface area contributed by atoms with Crippen molar-refractivity contribution in [1.82, 2.24) is 0 Å². The Morgan fingerprint density at radius 3 is 1.71 bits per heavy atom. The Labute approximate surface area is 170 Å². The summed E-state index contributed by atoms with van der Waals surface area (Å²) < 4.78 is -0.546. The fourth-order valence-electron chi connectivity index (χ4n) is 3.29. The molecule has 1 atom stereocenters. The third-order valence-corrected chi connectivity index (χ3v) is 6.56. The summed E-state index contributed by atoms with van der Waals surface area (Å²) in [7, 11) is 0. The zero-order valence-corrected chi connectivity index (χ0v) is 16.9. The minimum absolute atomic E-state index is 0.298. The summed E-state index contributed by atoms with van der Waals surface area (Å²) in [5.41, 5.74) is 11.6. The van der Waals surface area contributed by atoms with E-state index in [9.17, 15) is 9.90 Å². The molecule has 4 heteroatoms. The van der Waals surface area contributed by atoms with E-state index < -0.39 is 16.8 Å². The molecule has 0 aliphatic rings. The highest BCUT2D eigenvalue weighted by Crippen LogP contribution is 2.48. The lowest BCUT2D eigenvalue weighted by molar-refractivity contribution is -0.137. The molecular weight excluding hydrogens is 366 g/mol. The zero-order chi connectivity index (χ0) is 20.1. The number of rotatable bonds is 7. The van der Waals surface area contributed by atoms with E-state index in [2.05, 4.69) is 74.5 Å². The number of aliphatic carboxylic acids is 1. The third-order valence-electron chi connectivity index (χ3n) is 4.89. The van der Waals surface area contributed by atoms with Crippen molar-refractivity contribution in [1.29, 1.82) is 0 Å². The average Bonchev–Trinajstić information content (AvgIpc) is 2.71. The standard InChI is InChI=1S/C24H25NO2S/c1-17-8-12-20(13-9-17)24(19-6-4-3-5-7-19,28-16-22(25)23(26)27)21-14-10-18(2)11-15-21/h3-15,22H,16,25H2,1-2H3,(H,26,27)/t22-/m1/s1. The van der Waals surface area contributed by atoms with Gasteiger partial charge in [0.05, 0.1) is 4.75 Å². The van der Waals surface area contributed by atoms with Gasteiger partial charge in [0.1, 0.15) is 6.04 Å². The number of carbonyl (C=O) groups is 1. The summed E-state index contributed by atoms with van der Waals surface area (Å²) in [6.07, 6.45) is 0. The number of hydrogen-bond acceptors (Lipinski definition) is 3. The molecule has 3 aromatic rings. The highest BCUT2D eigenvalue weighted by atomic mass is 32.2. The Morgan fingerprint density at radius 2 is 1.29 bits per heavy atom. The van der Waals surface area contributed by atoms with Gasteiger partial charge in [0.2, 0.25) is 0 Å². The predicted octanol–water partition coefficient (Wildman–Crippen LogP) is 4.74. The molecule has 3 rings (SSSR count). The van der Waals surface area contributed by atoms with E-state index in [-0.39, 0.29) is 0 Å². The molecule has 0 aliphatic carbocycles. The monoisotopic (exact) mass is 391 g/mol. The lowest BCUT2D eigenvalue weighted by Gasteiger charge is -2.36. The van der Waals surface area contributed by atoms with Crippen LogP contribution >= 0.6 is 11.8 Å². The van der Waals surface area contributed by atoms with E-state index in [0.717, 1.165) is 16.7 Å². The van der Waals surface area contributed by atoms with Gasteiger partial charge in [-0.1, -0.05) is 90.0 Å². The fourth-order valence-corrected chi connectivity index (χ4v) is 4.77. The number of nitrogens with two attached hydrogens (primary N) is 1. The minimum Gasteiger partial charge on any atom is -0.480 e. The van der Waals surface area contributed by atoms with Gasteiger partial charge in [0.15, 0.2) is 0 Å². The second kappa shape index (κ2) is 8.63. The van der Waals surface area contributed by atoms with Gasteiger partial charge < -0.3 is 10.8 Å². The van der Waals surface area contributed by atoms with Gasteiger partial charge in [-0.2, -0.15) is 0 Å². The van der Waals surface area contributed by atoms with Crippen LogP contribution in [0.25, 0.3) is 0 Å². The van der Waals surface area contributed by atoms with Crippen molar-refractivity contribution in [2.24, 2.45) is 5.73 Å². The molecule has 0 aromatic heterocycles. The number of thioether (sulfide) groups is 1. The fraction of sp³-hybridized carbons (Fsp3) is 0.208. The molecule has 0 heterocycles. The summed E-state index contributed by atoms with van der Waals surface area (Å²) in [5.74, 6) is -0.686. The van der Waals surface area contributed by atoms with E-state index in [1.54, 1.807) is 11.8 Å². The van der Waals surface area contributed by atoms with Crippen LogP contribution in [0.2, 0.25) is 0 Å². The first-order valence-corrected chi connectivity index (χ1v) is 10.2. The Bertz CT molecular complexity index is 876. The minimum atomic E-state index is -0.984. The number of hydrogen-bond donors (Lipinski definition) is 2. The summed E-state index contributed by atoms with van der Waals surface area (Å²) >= 11 is 1.57. The molecule has 0 fully saturated rings. The van der Waals surface area contributed by atoms with Gasteiger partial charge in [-0.25, -0.2) is 0 Å². The third kappa shape index (κ3) is 4.13. The summed E-state index contributed by atoms with van der Waals surface area (Å²) in [6.45, 7) is 4.13. The van der Waals surface area contributed by atoms with Crippen molar-refractivity contribution in [3.8, 4) is 0 Å². The second-order valence-electron chi connectivity index (χ2n) is 7.03. The van der Waals surface area contributed by atoms with Crippen LogP contribution in [0.1, 0.15) is 27.8 Å². The Balaban J connectivity index is 2.22. The highest BCUT2D eigenvalue weighted by Gasteiger charge is 2.37. The molecule has 0 radical (unpaired) electrons. The smallest absolute Gasteiger partial charge is 0.321 e. The molecule has 28 heavy (non-hydrogen) atoms. The molecule has 0 bridgehead atoms. The molecule has 3 N–H and O–H groups in total. The predicted molar refractivity (Wildman–Crippen MR) is 117 cm³/mol. The number of aryl methyl sites for hydroxylation is 2. The largest absolute Gasteiger partial charge is 0.480 e. The molecule has 144 valence electrons. The molecule has 0 spiro atoms. The summed E-state index contributed by atoms with van der Waals surface area (Å²) in [6, 6.07) is 26.2. The van der Waals surface area contributed by atoms with Crippen molar-refractivity contribution in [2.75, 3.05) is 5.75 Å². The van der Waals surface area contributed by atoms with Crippen LogP contribution in [-0.2, 0) is 9.54 Å². The first-order valence-electron chi connectivity index (χ1n) is 9.25. The normalized spacial score (nSPS) is 12.5. The van der Waals surface area contributed by atoms with E-state index in [1.807, 2.05) is 18.2 Å². The van der Waals surface area contributed by atoms with Crippen LogP contribution in [0.3, 0.4) is 0 Å². The number of benzene rings is 3. The first-order chi connectivity index (χ1) is 13.4. The molecule has 0 saturated heterocycles.